The summed E-state index contributed by atoms with van der Waals surface area (Å²) in [5.41, 5.74) is 2.25. The van der Waals surface area contributed by atoms with Crippen molar-refractivity contribution in [3.8, 4) is 0 Å². The minimum Gasteiger partial charge on any atom is -0.336 e. The fraction of sp³-hybridized carbons (Fsp3) is 0.261. The van der Waals surface area contributed by atoms with E-state index in [9.17, 15) is 14.0 Å². The number of hydrogen-bond donors (Lipinski definition) is 1. The molecule has 0 spiro atoms. The Morgan fingerprint density at radius 3 is 2.39 bits per heavy atom. The minimum absolute atomic E-state index is 0.0466. The van der Waals surface area contributed by atoms with Crippen molar-refractivity contribution in [1.82, 2.24) is 19.6 Å². The Kier molecular flexibility index (Phi) is 6.37. The Morgan fingerprint density at radius 1 is 0.968 bits per heavy atom. The molecular formula is C23H24FN5O2. The molecule has 0 aliphatic carbocycles. The van der Waals surface area contributed by atoms with Crippen LogP contribution in [0.5, 0.6) is 0 Å². The number of nitrogens with one attached hydrogen (secondary N) is 1. The average Bonchev–Trinajstić information content (AvgIpc) is 3.24. The van der Waals surface area contributed by atoms with Crippen molar-refractivity contribution in [2.45, 2.75) is 6.54 Å². The molecular weight excluding hydrogens is 397 g/mol. The third-order valence-corrected chi connectivity index (χ3v) is 5.22. The van der Waals surface area contributed by atoms with Crippen molar-refractivity contribution < 1.29 is 14.0 Å². The number of carbonyl (C=O) groups is 2. The van der Waals surface area contributed by atoms with Crippen molar-refractivity contribution in [3.63, 3.8) is 0 Å². The average molecular weight is 421 g/mol. The molecule has 8 heteroatoms. The molecule has 0 saturated carbocycles. The fourth-order valence-corrected chi connectivity index (χ4v) is 3.56. The zero-order valence-corrected chi connectivity index (χ0v) is 17.1. The minimum atomic E-state index is -0.343. The highest BCUT2D eigenvalue weighted by molar-refractivity contribution is 5.94. The van der Waals surface area contributed by atoms with Gasteiger partial charge in [0.05, 0.1) is 24.8 Å². The number of rotatable bonds is 6. The molecule has 2 heterocycles. The van der Waals surface area contributed by atoms with Crippen LogP contribution in [0, 0.1) is 5.82 Å². The molecule has 7 nitrogen and oxygen atoms in total. The Balaban J connectivity index is 1.25. The number of piperazine rings is 1. The van der Waals surface area contributed by atoms with Crippen LogP contribution in [-0.4, -0.2) is 64.1 Å². The van der Waals surface area contributed by atoms with Gasteiger partial charge in [-0.15, -0.1) is 0 Å². The molecule has 1 fully saturated rings. The van der Waals surface area contributed by atoms with Crippen LogP contribution in [0.2, 0.25) is 0 Å². The van der Waals surface area contributed by atoms with Gasteiger partial charge in [-0.1, -0.05) is 30.3 Å². The molecule has 160 valence electrons. The highest BCUT2D eigenvalue weighted by Crippen LogP contribution is 2.11. The topological polar surface area (TPSA) is 70.5 Å². The van der Waals surface area contributed by atoms with Crippen LogP contribution in [0.3, 0.4) is 0 Å². The first kappa shape index (κ1) is 20.7. The SMILES string of the molecule is O=C(CN1CCN(C(=O)c2cnn(Cc3ccccc3)c2)CC1)Nc1ccc(F)cc1. The predicted octanol–water partition coefficient (Wildman–Crippen LogP) is 2.47. The summed E-state index contributed by atoms with van der Waals surface area (Å²) in [5, 5.41) is 7.07. The lowest BCUT2D eigenvalue weighted by atomic mass is 10.2. The molecule has 1 aliphatic heterocycles. The molecule has 0 radical (unpaired) electrons. The van der Waals surface area contributed by atoms with Crippen molar-refractivity contribution in [2.24, 2.45) is 0 Å². The third-order valence-electron chi connectivity index (χ3n) is 5.22. The molecule has 3 aromatic rings. The lowest BCUT2D eigenvalue weighted by Crippen LogP contribution is -2.50. The Morgan fingerprint density at radius 2 is 1.68 bits per heavy atom. The summed E-state index contributed by atoms with van der Waals surface area (Å²) in [6.45, 7) is 3.17. The van der Waals surface area contributed by atoms with Crippen LogP contribution in [0.4, 0.5) is 10.1 Å². The zero-order chi connectivity index (χ0) is 21.6. The van der Waals surface area contributed by atoms with Crippen LogP contribution < -0.4 is 5.32 Å². The molecule has 1 saturated heterocycles. The van der Waals surface area contributed by atoms with Crippen LogP contribution in [0.25, 0.3) is 0 Å². The maximum atomic E-state index is 13.0. The van der Waals surface area contributed by atoms with Crippen LogP contribution in [-0.2, 0) is 11.3 Å². The Bertz CT molecular complexity index is 1030. The van der Waals surface area contributed by atoms with E-state index in [0.717, 1.165) is 5.56 Å². The van der Waals surface area contributed by atoms with Gasteiger partial charge in [0.15, 0.2) is 0 Å². The summed E-state index contributed by atoms with van der Waals surface area (Å²) in [6.07, 6.45) is 3.38. The second-order valence-corrected chi connectivity index (χ2v) is 7.54. The van der Waals surface area contributed by atoms with E-state index in [-0.39, 0.29) is 24.2 Å². The molecule has 1 aliphatic rings. The van der Waals surface area contributed by atoms with Gasteiger partial charge in [0.25, 0.3) is 5.91 Å². The summed E-state index contributed by atoms with van der Waals surface area (Å²) in [5.74, 6) is -0.548. The van der Waals surface area contributed by atoms with Crippen molar-refractivity contribution >= 4 is 17.5 Å². The summed E-state index contributed by atoms with van der Waals surface area (Å²) in [6, 6.07) is 15.6. The number of hydrogen-bond acceptors (Lipinski definition) is 4. The monoisotopic (exact) mass is 421 g/mol. The summed E-state index contributed by atoms with van der Waals surface area (Å²) < 4.78 is 14.7. The first-order valence-corrected chi connectivity index (χ1v) is 10.2. The number of nitrogens with zero attached hydrogens (tertiary/aromatic N) is 4. The van der Waals surface area contributed by atoms with E-state index < -0.39 is 0 Å². The smallest absolute Gasteiger partial charge is 0.257 e. The highest BCUT2D eigenvalue weighted by atomic mass is 19.1. The normalized spacial score (nSPS) is 14.4. The van der Waals surface area contributed by atoms with Crippen LogP contribution in [0.1, 0.15) is 15.9 Å². The number of benzene rings is 2. The summed E-state index contributed by atoms with van der Waals surface area (Å²) in [4.78, 5) is 28.8. The van der Waals surface area contributed by atoms with Gasteiger partial charge >= 0.3 is 0 Å². The first-order chi connectivity index (χ1) is 15.1. The van der Waals surface area contributed by atoms with E-state index in [1.165, 1.54) is 24.3 Å². The molecule has 0 unspecified atom stereocenters. The van der Waals surface area contributed by atoms with Crippen molar-refractivity contribution in [1.29, 1.82) is 0 Å². The molecule has 4 rings (SSSR count). The number of amides is 2. The van der Waals surface area contributed by atoms with E-state index in [2.05, 4.69) is 10.4 Å². The lowest BCUT2D eigenvalue weighted by molar-refractivity contribution is -0.117. The third kappa shape index (κ3) is 5.55. The van der Waals surface area contributed by atoms with Gasteiger partial charge in [-0.25, -0.2) is 4.39 Å². The maximum absolute atomic E-state index is 13.0. The van der Waals surface area contributed by atoms with Crippen molar-refractivity contribution in [3.05, 3.63) is 83.9 Å². The van der Waals surface area contributed by atoms with E-state index >= 15 is 0 Å². The van der Waals surface area contributed by atoms with Crippen LogP contribution >= 0.6 is 0 Å². The molecule has 1 aromatic heterocycles. The highest BCUT2D eigenvalue weighted by Gasteiger charge is 2.24. The van der Waals surface area contributed by atoms with Crippen LogP contribution in [0.15, 0.2) is 67.0 Å². The lowest BCUT2D eigenvalue weighted by Gasteiger charge is -2.34. The van der Waals surface area contributed by atoms with Gasteiger partial charge in [-0.05, 0) is 29.8 Å². The fourth-order valence-electron chi connectivity index (χ4n) is 3.56. The number of aromatic nitrogens is 2. The number of anilines is 1. The van der Waals surface area contributed by atoms with Gasteiger partial charge in [-0.3, -0.25) is 19.2 Å². The molecule has 2 amide bonds. The predicted molar refractivity (Wildman–Crippen MR) is 115 cm³/mol. The number of halogens is 1. The largest absolute Gasteiger partial charge is 0.336 e. The van der Waals surface area contributed by atoms with E-state index in [4.69, 9.17) is 0 Å². The van der Waals surface area contributed by atoms with Gasteiger partial charge in [-0.2, -0.15) is 5.10 Å². The van der Waals surface area contributed by atoms with E-state index in [1.54, 1.807) is 22.0 Å². The second kappa shape index (κ2) is 9.53. The molecule has 1 N–H and O–H groups in total. The second-order valence-electron chi connectivity index (χ2n) is 7.54. The Hall–Kier alpha value is -3.52. The van der Waals surface area contributed by atoms with Crippen molar-refractivity contribution in [2.75, 3.05) is 38.0 Å². The summed E-state index contributed by atoms with van der Waals surface area (Å²) >= 11 is 0. The quantitative estimate of drug-likeness (QED) is 0.664. The maximum Gasteiger partial charge on any atom is 0.257 e. The van der Waals surface area contributed by atoms with Gasteiger partial charge < -0.3 is 10.2 Å². The first-order valence-electron chi connectivity index (χ1n) is 10.2. The van der Waals surface area contributed by atoms with E-state index in [1.807, 2.05) is 35.2 Å². The Labute approximate surface area is 180 Å². The summed E-state index contributed by atoms with van der Waals surface area (Å²) in [7, 11) is 0. The molecule has 2 aromatic carbocycles. The molecule has 31 heavy (non-hydrogen) atoms. The molecule has 0 bridgehead atoms. The van der Waals surface area contributed by atoms with Gasteiger partial charge in [0, 0.05) is 38.1 Å². The van der Waals surface area contributed by atoms with Gasteiger partial charge in [0.2, 0.25) is 5.91 Å². The zero-order valence-electron chi connectivity index (χ0n) is 17.1. The van der Waals surface area contributed by atoms with E-state index in [0.29, 0.717) is 44.0 Å². The standard InChI is InChI=1S/C23H24FN5O2/c24-20-6-8-21(9-7-20)26-22(30)17-27-10-12-28(13-11-27)23(31)19-14-25-29(16-19)15-18-4-2-1-3-5-18/h1-9,14,16H,10-13,15,17H2,(H,26,30). The molecule has 0 atom stereocenters. The number of carbonyl (C=O) groups excluding carboxylic acids is 2. The van der Waals surface area contributed by atoms with Gasteiger partial charge in [0.1, 0.15) is 5.82 Å².